The highest BCUT2D eigenvalue weighted by atomic mass is 32.2. The summed E-state index contributed by atoms with van der Waals surface area (Å²) in [4.78, 5) is 24.4. The van der Waals surface area contributed by atoms with Crippen molar-refractivity contribution in [2.24, 2.45) is 7.05 Å². The molecule has 0 aliphatic rings. The van der Waals surface area contributed by atoms with Crippen LogP contribution >= 0.6 is 11.8 Å². The normalized spacial score (nSPS) is 11.1. The molecule has 0 aliphatic heterocycles. The molecule has 10 heteroatoms. The number of ether oxygens (including phenoxy) is 2. The maximum Gasteiger partial charge on any atom is 0.251 e. The number of thioether (sulfide) groups is 1. The van der Waals surface area contributed by atoms with E-state index in [4.69, 9.17) is 9.47 Å². The maximum absolute atomic E-state index is 12.4. The molecule has 1 heterocycles. The Kier molecular flexibility index (Phi) is 7.49. The maximum atomic E-state index is 12.4. The largest absolute Gasteiger partial charge is 0.493 e. The number of hydrogen-bond donors (Lipinski definition) is 2. The van der Waals surface area contributed by atoms with Crippen molar-refractivity contribution in [2.45, 2.75) is 38.0 Å². The van der Waals surface area contributed by atoms with Crippen LogP contribution in [-0.4, -0.2) is 52.1 Å². The lowest BCUT2D eigenvalue weighted by Gasteiger charge is -2.20. The lowest BCUT2D eigenvalue weighted by molar-refractivity contribution is -0.119. The van der Waals surface area contributed by atoms with Gasteiger partial charge in [0.2, 0.25) is 5.91 Å². The predicted molar refractivity (Wildman–Crippen MR) is 110 cm³/mol. The van der Waals surface area contributed by atoms with E-state index in [0.29, 0.717) is 28.0 Å². The highest BCUT2D eigenvalue weighted by Gasteiger charge is 2.17. The van der Waals surface area contributed by atoms with Crippen LogP contribution in [0.3, 0.4) is 0 Å². The first-order valence-electron chi connectivity index (χ1n) is 8.97. The molecule has 158 valence electrons. The second kappa shape index (κ2) is 9.64. The molecule has 0 bridgehead atoms. The monoisotopic (exact) mass is 421 g/mol. The molecule has 0 aliphatic carbocycles. The van der Waals surface area contributed by atoms with Gasteiger partial charge in [-0.2, -0.15) is 0 Å². The number of nitrogens with one attached hydrogen (secondary N) is 2. The van der Waals surface area contributed by atoms with E-state index in [-0.39, 0.29) is 29.7 Å². The van der Waals surface area contributed by atoms with Crippen molar-refractivity contribution in [3.05, 3.63) is 29.6 Å². The molecule has 0 spiro atoms. The Bertz CT molecular complexity index is 876. The number of benzene rings is 1. The van der Waals surface area contributed by atoms with Crippen molar-refractivity contribution in [1.82, 2.24) is 25.4 Å². The number of carbonyl (C=O) groups is 2. The number of amides is 2. The molecule has 29 heavy (non-hydrogen) atoms. The van der Waals surface area contributed by atoms with Crippen molar-refractivity contribution in [1.29, 1.82) is 0 Å². The number of methoxy groups -OCH3 is 2. The van der Waals surface area contributed by atoms with Gasteiger partial charge >= 0.3 is 0 Å². The number of rotatable bonds is 8. The van der Waals surface area contributed by atoms with Crippen molar-refractivity contribution in [3.63, 3.8) is 0 Å². The summed E-state index contributed by atoms with van der Waals surface area (Å²) in [7, 11) is 4.84. The molecule has 1 aromatic carbocycles. The van der Waals surface area contributed by atoms with Crippen LogP contribution in [0.2, 0.25) is 0 Å². The van der Waals surface area contributed by atoms with Gasteiger partial charge in [0, 0.05) is 18.2 Å². The average Bonchev–Trinajstić information content (AvgIpc) is 3.02. The molecule has 9 nitrogen and oxygen atoms in total. The Labute approximate surface area is 174 Å². The van der Waals surface area contributed by atoms with Crippen LogP contribution in [0.25, 0.3) is 0 Å². The van der Waals surface area contributed by atoms with Gasteiger partial charge < -0.3 is 24.7 Å². The van der Waals surface area contributed by atoms with Gasteiger partial charge in [-0.25, -0.2) is 0 Å². The van der Waals surface area contributed by atoms with Gasteiger partial charge in [-0.1, -0.05) is 11.8 Å². The highest BCUT2D eigenvalue weighted by Crippen LogP contribution is 2.27. The Hall–Kier alpha value is -2.75. The molecule has 1 aromatic heterocycles. The molecule has 2 rings (SSSR count). The van der Waals surface area contributed by atoms with Gasteiger partial charge in [0.25, 0.3) is 5.91 Å². The molecule has 2 aromatic rings. The zero-order valence-electron chi connectivity index (χ0n) is 17.5. The van der Waals surface area contributed by atoms with Gasteiger partial charge in [0.05, 0.1) is 26.5 Å². The fraction of sp³-hybridized carbons (Fsp3) is 0.474. The molecule has 0 unspecified atom stereocenters. The molecule has 0 saturated carbocycles. The van der Waals surface area contributed by atoms with Crippen LogP contribution in [0, 0.1) is 0 Å². The van der Waals surface area contributed by atoms with E-state index in [1.807, 2.05) is 20.8 Å². The van der Waals surface area contributed by atoms with Crippen LogP contribution in [0.15, 0.2) is 23.4 Å². The number of hydrogen-bond acceptors (Lipinski definition) is 7. The second-order valence-corrected chi connectivity index (χ2v) is 8.24. The van der Waals surface area contributed by atoms with E-state index in [0.717, 1.165) is 0 Å². The molecule has 2 N–H and O–H groups in total. The summed E-state index contributed by atoms with van der Waals surface area (Å²) in [5.74, 6) is 1.50. The Balaban J connectivity index is 1.95. The summed E-state index contributed by atoms with van der Waals surface area (Å²) in [6.45, 7) is 5.98. The first-order chi connectivity index (χ1) is 13.6. The minimum absolute atomic E-state index is 0.0752. The molecule has 0 radical (unpaired) electrons. The SMILES string of the molecule is COc1ccc(C(=O)NCc2nnc(SCC(=O)NC(C)(C)C)n2C)cc1OC. The van der Waals surface area contributed by atoms with Crippen LogP contribution in [-0.2, 0) is 18.4 Å². The third kappa shape index (κ3) is 6.38. The topological polar surface area (TPSA) is 107 Å². The second-order valence-electron chi connectivity index (χ2n) is 7.30. The first-order valence-corrected chi connectivity index (χ1v) is 9.95. The minimum atomic E-state index is -0.281. The van der Waals surface area contributed by atoms with Crippen molar-refractivity contribution >= 4 is 23.6 Å². The Morgan fingerprint density at radius 2 is 1.83 bits per heavy atom. The molecule has 0 atom stereocenters. The van der Waals surface area contributed by atoms with E-state index < -0.39 is 0 Å². The lowest BCUT2D eigenvalue weighted by atomic mass is 10.1. The van der Waals surface area contributed by atoms with Gasteiger partial charge in [-0.15, -0.1) is 10.2 Å². The Morgan fingerprint density at radius 3 is 2.45 bits per heavy atom. The molecule has 0 fully saturated rings. The van der Waals surface area contributed by atoms with E-state index >= 15 is 0 Å². The zero-order chi connectivity index (χ0) is 21.6. The summed E-state index contributed by atoms with van der Waals surface area (Å²) in [6.07, 6.45) is 0. The average molecular weight is 422 g/mol. The predicted octanol–water partition coefficient (Wildman–Crippen LogP) is 1.77. The number of aromatic nitrogens is 3. The van der Waals surface area contributed by atoms with Gasteiger partial charge in [-0.05, 0) is 39.0 Å². The third-order valence-corrected chi connectivity index (χ3v) is 4.84. The lowest BCUT2D eigenvalue weighted by Crippen LogP contribution is -2.41. The fourth-order valence-corrected chi connectivity index (χ4v) is 3.18. The first kappa shape index (κ1) is 22.5. The standard InChI is InChI=1S/C19H27N5O4S/c1-19(2,3)21-16(25)11-29-18-23-22-15(24(18)4)10-20-17(26)12-7-8-13(27-5)14(9-12)28-6/h7-9H,10-11H2,1-6H3,(H,20,26)(H,21,25). The highest BCUT2D eigenvalue weighted by molar-refractivity contribution is 7.99. The fourth-order valence-electron chi connectivity index (χ4n) is 2.45. The summed E-state index contributed by atoms with van der Waals surface area (Å²) in [5, 5.41) is 14.5. The molecular weight excluding hydrogens is 394 g/mol. The smallest absolute Gasteiger partial charge is 0.251 e. The van der Waals surface area contributed by atoms with E-state index in [2.05, 4.69) is 20.8 Å². The molecule has 2 amide bonds. The summed E-state index contributed by atoms with van der Waals surface area (Å²) < 4.78 is 12.2. The third-order valence-electron chi connectivity index (χ3n) is 3.82. The van der Waals surface area contributed by atoms with E-state index in [1.54, 1.807) is 29.8 Å². The Morgan fingerprint density at radius 1 is 1.14 bits per heavy atom. The van der Waals surface area contributed by atoms with Gasteiger partial charge in [-0.3, -0.25) is 9.59 Å². The summed E-state index contributed by atoms with van der Waals surface area (Å²) in [5.41, 5.74) is 0.162. The van der Waals surface area contributed by atoms with E-state index in [9.17, 15) is 9.59 Å². The van der Waals surface area contributed by atoms with Gasteiger partial charge in [0.1, 0.15) is 0 Å². The van der Waals surface area contributed by atoms with E-state index in [1.165, 1.54) is 26.0 Å². The van der Waals surface area contributed by atoms with Gasteiger partial charge in [0.15, 0.2) is 22.5 Å². The van der Waals surface area contributed by atoms with Crippen molar-refractivity contribution in [2.75, 3.05) is 20.0 Å². The van der Waals surface area contributed by atoms with Crippen LogP contribution < -0.4 is 20.1 Å². The minimum Gasteiger partial charge on any atom is -0.493 e. The molecular formula is C19H27N5O4S. The van der Waals surface area contributed by atoms with Crippen LogP contribution in [0.4, 0.5) is 0 Å². The van der Waals surface area contributed by atoms with Crippen molar-refractivity contribution in [3.8, 4) is 11.5 Å². The van der Waals surface area contributed by atoms with Crippen LogP contribution in [0.5, 0.6) is 11.5 Å². The molecule has 0 saturated heterocycles. The van der Waals surface area contributed by atoms with Crippen molar-refractivity contribution < 1.29 is 19.1 Å². The zero-order valence-corrected chi connectivity index (χ0v) is 18.3. The number of nitrogens with zero attached hydrogens (tertiary/aromatic N) is 3. The van der Waals surface area contributed by atoms with Crippen LogP contribution in [0.1, 0.15) is 37.0 Å². The number of carbonyl (C=O) groups excluding carboxylic acids is 2. The quantitative estimate of drug-likeness (QED) is 0.626. The summed E-state index contributed by atoms with van der Waals surface area (Å²) in [6, 6.07) is 4.94. The summed E-state index contributed by atoms with van der Waals surface area (Å²) >= 11 is 1.29.